The van der Waals surface area contributed by atoms with Crippen LogP contribution < -0.4 is 4.74 Å². The number of Topliss-reactive ketones (excluding diaryl/α,β-unsaturated/α-hetero) is 1. The quantitative estimate of drug-likeness (QED) is 0.623. The van der Waals surface area contributed by atoms with Crippen molar-refractivity contribution in [2.45, 2.75) is 18.2 Å². The Morgan fingerprint density at radius 1 is 1.10 bits per heavy atom. The van der Waals surface area contributed by atoms with Gasteiger partial charge in [-0.25, -0.2) is 0 Å². The van der Waals surface area contributed by atoms with Crippen LogP contribution in [0.5, 0.6) is 5.75 Å². The van der Waals surface area contributed by atoms with Gasteiger partial charge in [0.25, 0.3) is 0 Å². The standard InChI is InChI=1S/C17H16O3S/c1-12(18)21-17-11-14(20-2)8-9-15(17)16(19)10-13-6-4-3-5-7-13/h3-9,11H,10H2,1-2H3. The molecule has 0 bridgehead atoms. The number of carbonyl (C=O) groups is 2. The lowest BCUT2D eigenvalue weighted by Gasteiger charge is -2.09. The monoisotopic (exact) mass is 300 g/mol. The van der Waals surface area contributed by atoms with Gasteiger partial charge in [0.05, 0.1) is 7.11 Å². The predicted octanol–water partition coefficient (Wildman–Crippen LogP) is 3.76. The van der Waals surface area contributed by atoms with Gasteiger partial charge in [0.1, 0.15) is 5.75 Å². The van der Waals surface area contributed by atoms with Crippen molar-refractivity contribution >= 4 is 22.7 Å². The van der Waals surface area contributed by atoms with Gasteiger partial charge in [-0.15, -0.1) is 0 Å². The molecule has 0 amide bonds. The van der Waals surface area contributed by atoms with Gasteiger partial charge in [0.2, 0.25) is 0 Å². The second kappa shape index (κ2) is 7.09. The number of ether oxygens (including phenoxy) is 1. The van der Waals surface area contributed by atoms with Crippen molar-refractivity contribution in [3.05, 3.63) is 59.7 Å². The van der Waals surface area contributed by atoms with Crippen molar-refractivity contribution in [1.82, 2.24) is 0 Å². The van der Waals surface area contributed by atoms with Gasteiger partial charge in [0, 0.05) is 23.8 Å². The lowest BCUT2D eigenvalue weighted by Crippen LogP contribution is -2.06. The van der Waals surface area contributed by atoms with Crippen LogP contribution >= 0.6 is 11.8 Å². The number of carbonyl (C=O) groups excluding carboxylic acids is 2. The number of benzene rings is 2. The molecule has 0 unspecified atom stereocenters. The molecule has 4 heteroatoms. The summed E-state index contributed by atoms with van der Waals surface area (Å²) in [6, 6.07) is 14.7. The Morgan fingerprint density at radius 3 is 2.43 bits per heavy atom. The Bertz CT molecular complexity index is 650. The fourth-order valence-electron chi connectivity index (χ4n) is 1.98. The molecule has 0 radical (unpaired) electrons. The van der Waals surface area contributed by atoms with Gasteiger partial charge in [0.15, 0.2) is 10.9 Å². The van der Waals surface area contributed by atoms with Crippen molar-refractivity contribution in [2.75, 3.05) is 7.11 Å². The fourth-order valence-corrected chi connectivity index (χ4v) is 2.75. The molecule has 0 fully saturated rings. The summed E-state index contributed by atoms with van der Waals surface area (Å²) in [5.74, 6) is 0.627. The summed E-state index contributed by atoms with van der Waals surface area (Å²) in [5.41, 5.74) is 1.51. The molecule has 0 saturated carbocycles. The van der Waals surface area contributed by atoms with Gasteiger partial charge in [-0.3, -0.25) is 9.59 Å². The molecule has 0 aromatic heterocycles. The minimum absolute atomic E-state index is 0.00685. The molecule has 0 spiro atoms. The van der Waals surface area contributed by atoms with Crippen LogP contribution in [0.3, 0.4) is 0 Å². The van der Waals surface area contributed by atoms with Crippen LogP contribution in [0.1, 0.15) is 22.8 Å². The average molecular weight is 300 g/mol. The summed E-state index contributed by atoms with van der Waals surface area (Å²) >= 11 is 1.05. The minimum Gasteiger partial charge on any atom is -0.497 e. The minimum atomic E-state index is -0.0583. The maximum atomic E-state index is 12.5. The highest BCUT2D eigenvalue weighted by Gasteiger charge is 2.15. The SMILES string of the molecule is COc1ccc(C(=O)Cc2ccccc2)c(SC(C)=O)c1. The Labute approximate surface area is 128 Å². The number of hydrogen-bond donors (Lipinski definition) is 0. The second-order valence-corrected chi connectivity index (χ2v) is 5.76. The Hall–Kier alpha value is -2.07. The summed E-state index contributed by atoms with van der Waals surface area (Å²) in [6.45, 7) is 1.48. The van der Waals surface area contributed by atoms with Crippen LogP contribution in [-0.2, 0) is 11.2 Å². The first-order valence-electron chi connectivity index (χ1n) is 6.53. The number of methoxy groups -OCH3 is 1. The third-order valence-corrected chi connectivity index (χ3v) is 3.80. The van der Waals surface area contributed by atoms with E-state index in [2.05, 4.69) is 0 Å². The van der Waals surface area contributed by atoms with Gasteiger partial charge in [-0.1, -0.05) is 42.1 Å². The molecule has 3 nitrogen and oxygen atoms in total. The van der Waals surface area contributed by atoms with Crippen molar-refractivity contribution < 1.29 is 14.3 Å². The first-order valence-corrected chi connectivity index (χ1v) is 7.35. The summed E-state index contributed by atoms with van der Waals surface area (Å²) in [5, 5.41) is -0.0583. The highest BCUT2D eigenvalue weighted by molar-refractivity contribution is 8.13. The van der Waals surface area contributed by atoms with E-state index in [9.17, 15) is 9.59 Å². The third-order valence-electron chi connectivity index (χ3n) is 2.95. The van der Waals surface area contributed by atoms with Crippen molar-refractivity contribution in [3.63, 3.8) is 0 Å². The predicted molar refractivity (Wildman–Crippen MR) is 84.0 cm³/mol. The largest absolute Gasteiger partial charge is 0.497 e. The van der Waals surface area contributed by atoms with E-state index in [0.717, 1.165) is 17.3 Å². The maximum Gasteiger partial charge on any atom is 0.190 e. The molecule has 0 aliphatic heterocycles. The molecular formula is C17H16O3S. The first-order chi connectivity index (χ1) is 10.1. The number of hydrogen-bond acceptors (Lipinski definition) is 4. The first kappa shape index (κ1) is 15.3. The van der Waals surface area contributed by atoms with E-state index in [4.69, 9.17) is 4.74 Å². The lowest BCUT2D eigenvalue weighted by molar-refractivity contribution is -0.109. The number of thioether (sulfide) groups is 1. The molecule has 0 aliphatic carbocycles. The molecule has 0 aliphatic rings. The second-order valence-electron chi connectivity index (χ2n) is 4.54. The summed E-state index contributed by atoms with van der Waals surface area (Å²) in [4.78, 5) is 24.4. The van der Waals surface area contributed by atoms with E-state index < -0.39 is 0 Å². The molecular weight excluding hydrogens is 284 g/mol. The van der Waals surface area contributed by atoms with Crippen molar-refractivity contribution in [1.29, 1.82) is 0 Å². The van der Waals surface area contributed by atoms with Crippen LogP contribution in [0.25, 0.3) is 0 Å². The summed E-state index contributed by atoms with van der Waals surface area (Å²) in [6.07, 6.45) is 0.318. The highest BCUT2D eigenvalue weighted by atomic mass is 32.2. The van der Waals surface area contributed by atoms with Crippen molar-refractivity contribution in [3.8, 4) is 5.75 Å². The molecule has 108 valence electrons. The molecule has 21 heavy (non-hydrogen) atoms. The fraction of sp³-hybridized carbons (Fsp3) is 0.176. The van der Waals surface area contributed by atoms with E-state index in [0.29, 0.717) is 22.6 Å². The topological polar surface area (TPSA) is 43.4 Å². The lowest BCUT2D eigenvalue weighted by atomic mass is 10.0. The smallest absolute Gasteiger partial charge is 0.190 e. The molecule has 2 aromatic rings. The normalized spacial score (nSPS) is 10.2. The molecule has 0 atom stereocenters. The van der Waals surface area contributed by atoms with Gasteiger partial charge in [-0.2, -0.15) is 0 Å². The number of rotatable bonds is 5. The van der Waals surface area contributed by atoms with Crippen LogP contribution in [0.2, 0.25) is 0 Å². The van der Waals surface area contributed by atoms with E-state index in [-0.39, 0.29) is 10.9 Å². The maximum absolute atomic E-state index is 12.5. The van der Waals surface area contributed by atoms with Crippen LogP contribution in [0, 0.1) is 0 Å². The zero-order chi connectivity index (χ0) is 15.2. The highest BCUT2D eigenvalue weighted by Crippen LogP contribution is 2.28. The van der Waals surface area contributed by atoms with Gasteiger partial charge < -0.3 is 4.74 Å². The third kappa shape index (κ3) is 4.20. The molecule has 2 rings (SSSR count). The number of ketones is 1. The van der Waals surface area contributed by atoms with E-state index in [1.165, 1.54) is 6.92 Å². The van der Waals surface area contributed by atoms with Gasteiger partial charge in [-0.05, 0) is 23.8 Å². The molecule has 0 saturated heterocycles. The summed E-state index contributed by atoms with van der Waals surface area (Å²) < 4.78 is 5.15. The zero-order valence-electron chi connectivity index (χ0n) is 12.0. The average Bonchev–Trinajstić information content (AvgIpc) is 2.47. The Morgan fingerprint density at radius 2 is 1.81 bits per heavy atom. The van der Waals surface area contributed by atoms with Crippen LogP contribution in [0.4, 0.5) is 0 Å². The van der Waals surface area contributed by atoms with Gasteiger partial charge >= 0.3 is 0 Å². The Kier molecular flexibility index (Phi) is 5.17. The van der Waals surface area contributed by atoms with Crippen LogP contribution in [-0.4, -0.2) is 18.0 Å². The van der Waals surface area contributed by atoms with E-state index >= 15 is 0 Å². The molecule has 0 heterocycles. The molecule has 0 N–H and O–H groups in total. The van der Waals surface area contributed by atoms with Crippen molar-refractivity contribution in [2.24, 2.45) is 0 Å². The van der Waals surface area contributed by atoms with Crippen LogP contribution in [0.15, 0.2) is 53.4 Å². The zero-order valence-corrected chi connectivity index (χ0v) is 12.8. The van der Waals surface area contributed by atoms with E-state index in [1.54, 1.807) is 25.3 Å². The Balaban J connectivity index is 2.29. The van der Waals surface area contributed by atoms with E-state index in [1.807, 2.05) is 30.3 Å². The molecule has 2 aromatic carbocycles. The summed E-state index contributed by atoms with van der Waals surface area (Å²) in [7, 11) is 1.56.